The van der Waals surface area contributed by atoms with Crippen LogP contribution in [0.4, 0.5) is 11.9 Å². The summed E-state index contributed by atoms with van der Waals surface area (Å²) in [5.74, 6) is 0.0515. The van der Waals surface area contributed by atoms with E-state index in [2.05, 4.69) is 46.6 Å². The third kappa shape index (κ3) is 3.24. The molecule has 2 aromatic heterocycles. The van der Waals surface area contributed by atoms with Gasteiger partial charge in [0.05, 0.1) is 12.1 Å². The lowest BCUT2D eigenvalue weighted by molar-refractivity contribution is 0.588. The van der Waals surface area contributed by atoms with Gasteiger partial charge >= 0.3 is 5.95 Å². The second kappa shape index (κ2) is 5.73. The summed E-state index contributed by atoms with van der Waals surface area (Å²) in [5, 5.41) is 45.6. The Kier molecular flexibility index (Phi) is 3.62. The average molecular weight is 259 g/mol. The second-order valence-corrected chi connectivity index (χ2v) is 2.89. The molecule has 0 aliphatic carbocycles. The first kappa shape index (κ1) is 12.0. The molecule has 0 fully saturated rings. The van der Waals surface area contributed by atoms with Crippen LogP contribution in [0.1, 0.15) is 0 Å². The molecule has 2 heterocycles. The second-order valence-electron chi connectivity index (χ2n) is 2.89. The van der Waals surface area contributed by atoms with Crippen molar-refractivity contribution in [3.05, 3.63) is 0 Å². The Morgan fingerprint density at radius 1 is 1.05 bits per heavy atom. The monoisotopic (exact) mass is 259 g/mol. The molecule has 0 saturated heterocycles. The first-order valence-electron chi connectivity index (χ1n) is 4.78. The first-order valence-corrected chi connectivity index (χ1v) is 4.78. The van der Waals surface area contributed by atoms with Crippen LogP contribution < -0.4 is 5.43 Å². The zero-order valence-electron chi connectivity index (χ0n) is 9.28. The molecule has 0 aliphatic heterocycles. The van der Waals surface area contributed by atoms with E-state index in [-0.39, 0.29) is 25.0 Å². The number of nitriles is 2. The summed E-state index contributed by atoms with van der Waals surface area (Å²) in [6, 6.07) is 3.70. The molecule has 0 aliphatic rings. The van der Waals surface area contributed by atoms with E-state index in [4.69, 9.17) is 10.5 Å². The number of hydrogen-bond donors (Lipinski definition) is 1. The minimum atomic E-state index is -0.0278. The van der Waals surface area contributed by atoms with Gasteiger partial charge in [0.25, 0.3) is 5.95 Å². The summed E-state index contributed by atoms with van der Waals surface area (Å²) in [5.41, 5.74) is 2.37. The van der Waals surface area contributed by atoms with Crippen molar-refractivity contribution in [1.82, 2.24) is 40.4 Å². The molecule has 0 aromatic carbocycles. The van der Waals surface area contributed by atoms with E-state index >= 15 is 0 Å². The maximum Gasteiger partial charge on any atom is 0.309 e. The van der Waals surface area contributed by atoms with Gasteiger partial charge < -0.3 is 0 Å². The van der Waals surface area contributed by atoms with E-state index in [1.807, 2.05) is 12.1 Å². The molecule has 2 aromatic rings. The summed E-state index contributed by atoms with van der Waals surface area (Å²) < 4.78 is 0. The van der Waals surface area contributed by atoms with Crippen LogP contribution in [0.2, 0.25) is 0 Å². The van der Waals surface area contributed by atoms with Gasteiger partial charge in [0.2, 0.25) is 0 Å². The lowest BCUT2D eigenvalue weighted by Gasteiger charge is -1.87. The Bertz CT molecular complexity index is 649. The van der Waals surface area contributed by atoms with E-state index in [9.17, 15) is 0 Å². The summed E-state index contributed by atoms with van der Waals surface area (Å²) in [7, 11) is 0. The zero-order chi connectivity index (χ0) is 13.5. The van der Waals surface area contributed by atoms with Gasteiger partial charge in [-0.05, 0) is 10.4 Å². The Morgan fingerprint density at radius 2 is 1.74 bits per heavy atom. The summed E-state index contributed by atoms with van der Waals surface area (Å²) in [4.78, 5) is 2.15. The molecule has 0 saturated carbocycles. The molecule has 13 heteroatoms. The maximum absolute atomic E-state index is 8.41. The van der Waals surface area contributed by atoms with Crippen molar-refractivity contribution in [2.45, 2.75) is 13.1 Å². The van der Waals surface area contributed by atoms with Gasteiger partial charge in [-0.15, -0.1) is 19.8 Å². The van der Waals surface area contributed by atoms with Crippen LogP contribution in [-0.2, 0) is 13.1 Å². The Labute approximate surface area is 105 Å². The fourth-order valence-corrected chi connectivity index (χ4v) is 0.938. The van der Waals surface area contributed by atoms with E-state index in [0.717, 1.165) is 9.59 Å². The van der Waals surface area contributed by atoms with E-state index in [1.54, 1.807) is 0 Å². The molecule has 0 bridgehead atoms. The Hall–Kier alpha value is -3.48. The van der Waals surface area contributed by atoms with E-state index in [0.29, 0.717) is 0 Å². The van der Waals surface area contributed by atoms with Crippen LogP contribution in [0.25, 0.3) is 0 Å². The molecule has 0 atom stereocenters. The number of aromatic nitrogens is 8. The van der Waals surface area contributed by atoms with Crippen LogP contribution in [0.3, 0.4) is 0 Å². The van der Waals surface area contributed by atoms with Crippen molar-refractivity contribution in [2.24, 2.45) is 10.3 Å². The smallest absolute Gasteiger partial charge is 0.223 e. The summed E-state index contributed by atoms with van der Waals surface area (Å²) >= 11 is 0. The average Bonchev–Trinajstić information content (AvgIpc) is 3.01. The van der Waals surface area contributed by atoms with Gasteiger partial charge in [-0.3, -0.25) is 0 Å². The van der Waals surface area contributed by atoms with Crippen LogP contribution in [0.15, 0.2) is 10.3 Å². The molecule has 0 unspecified atom stereocenters. The highest BCUT2D eigenvalue weighted by atomic mass is 15.6. The maximum atomic E-state index is 8.41. The van der Waals surface area contributed by atoms with Gasteiger partial charge in [0, 0.05) is 0 Å². The highest BCUT2D eigenvalue weighted by Crippen LogP contribution is 2.01. The topological polar surface area (TPSA) is 172 Å². The first-order chi connectivity index (χ1) is 9.31. The number of nitrogens with zero attached hydrogens (tertiary/aromatic N) is 12. The van der Waals surface area contributed by atoms with E-state index in [1.165, 1.54) is 0 Å². The third-order valence-corrected chi connectivity index (χ3v) is 1.61. The summed E-state index contributed by atoms with van der Waals surface area (Å²) in [6.07, 6.45) is 0. The Morgan fingerprint density at radius 3 is 2.47 bits per heavy atom. The van der Waals surface area contributed by atoms with Crippen molar-refractivity contribution < 1.29 is 0 Å². The van der Waals surface area contributed by atoms with Gasteiger partial charge in [-0.25, -0.2) is 5.43 Å². The van der Waals surface area contributed by atoms with Crippen molar-refractivity contribution in [3.63, 3.8) is 0 Å². The van der Waals surface area contributed by atoms with Gasteiger partial charge in [0.15, 0.2) is 0 Å². The predicted molar refractivity (Wildman–Crippen MR) is 55.0 cm³/mol. The molecule has 94 valence electrons. The van der Waals surface area contributed by atoms with E-state index < -0.39 is 0 Å². The van der Waals surface area contributed by atoms with Gasteiger partial charge in [0.1, 0.15) is 13.1 Å². The normalized spacial score (nSPS) is 10.2. The number of anilines is 1. The van der Waals surface area contributed by atoms with Crippen molar-refractivity contribution in [1.29, 1.82) is 10.5 Å². The number of rotatable bonds is 5. The van der Waals surface area contributed by atoms with Crippen molar-refractivity contribution >= 4 is 11.9 Å². The van der Waals surface area contributed by atoms with Crippen molar-refractivity contribution in [2.75, 3.05) is 5.43 Å². The fraction of sp³-hybridized carbons (Fsp3) is 0.333. The quantitative estimate of drug-likeness (QED) is 0.511. The van der Waals surface area contributed by atoms with Crippen LogP contribution in [0, 0.1) is 22.7 Å². The molecule has 19 heavy (non-hydrogen) atoms. The minimum absolute atomic E-state index is 0.0180. The van der Waals surface area contributed by atoms with Crippen molar-refractivity contribution in [3.8, 4) is 12.1 Å². The van der Waals surface area contributed by atoms with Gasteiger partial charge in [-0.2, -0.15) is 10.5 Å². The molecular weight excluding hydrogens is 254 g/mol. The van der Waals surface area contributed by atoms with Gasteiger partial charge in [-0.1, -0.05) is 20.5 Å². The largest absolute Gasteiger partial charge is 0.309 e. The standard InChI is InChI=1S/C6H5N13/c7-1-3-18-13-5(11-16-18)9-15-10-6-12-17-19(14-6)4-2-8/h3-4H2,(H,9,10,13,14). The molecule has 13 nitrogen and oxygen atoms in total. The number of hydrogen-bond acceptors (Lipinski definition) is 10. The molecule has 0 amide bonds. The van der Waals surface area contributed by atoms with Crippen LogP contribution >= 0.6 is 0 Å². The molecule has 0 spiro atoms. The molecular formula is C6H5N13. The third-order valence-electron chi connectivity index (χ3n) is 1.61. The molecule has 1 N–H and O–H groups in total. The molecule has 0 radical (unpaired) electrons. The fourth-order valence-electron chi connectivity index (χ4n) is 0.938. The highest BCUT2D eigenvalue weighted by molar-refractivity contribution is 5.17. The highest BCUT2D eigenvalue weighted by Gasteiger charge is 2.02. The number of tetrazole rings is 2. The number of nitrogens with one attached hydrogen (secondary N) is 1. The minimum Gasteiger partial charge on any atom is -0.223 e. The SMILES string of the molecule is N#CCn1nnc(N=NNc2nnn(CC#N)n2)n1. The molecule has 2 rings (SSSR count). The zero-order valence-corrected chi connectivity index (χ0v) is 9.28. The lowest BCUT2D eigenvalue weighted by atomic mass is 10.8. The van der Waals surface area contributed by atoms with Crippen LogP contribution in [-0.4, -0.2) is 40.4 Å². The lowest BCUT2D eigenvalue weighted by Crippen LogP contribution is -2.00. The summed E-state index contributed by atoms with van der Waals surface area (Å²) in [6.45, 7) is -0.0458. The van der Waals surface area contributed by atoms with Crippen LogP contribution in [0.5, 0.6) is 0 Å². The Balaban J connectivity index is 1.91. The predicted octanol–water partition coefficient (Wildman–Crippen LogP) is -1.18.